The Morgan fingerprint density at radius 2 is 2.06 bits per heavy atom. The van der Waals surface area contributed by atoms with Crippen LogP contribution in [-0.2, 0) is 13.1 Å². The standard InChI is InChI=1S/C13H13N3O/c14-8-13-15-11-5-1-2-6-12(11)16(13)9-10-4-3-7-17-10/h1-7H,8-9,14H2. The third kappa shape index (κ3) is 1.72. The molecule has 0 unspecified atom stereocenters. The lowest BCUT2D eigenvalue weighted by atomic mass is 10.3. The van der Waals surface area contributed by atoms with Crippen LogP contribution in [0.2, 0.25) is 0 Å². The highest BCUT2D eigenvalue weighted by Gasteiger charge is 2.10. The summed E-state index contributed by atoms with van der Waals surface area (Å²) in [5.74, 6) is 1.78. The maximum atomic E-state index is 5.73. The van der Waals surface area contributed by atoms with E-state index >= 15 is 0 Å². The second-order valence-electron chi connectivity index (χ2n) is 3.89. The molecule has 3 aromatic rings. The number of hydrogen-bond acceptors (Lipinski definition) is 3. The topological polar surface area (TPSA) is 57.0 Å². The Labute approximate surface area is 98.7 Å². The minimum Gasteiger partial charge on any atom is -0.467 e. The number of para-hydroxylation sites is 2. The van der Waals surface area contributed by atoms with Gasteiger partial charge in [0.1, 0.15) is 11.6 Å². The number of imidazole rings is 1. The number of rotatable bonds is 3. The third-order valence-corrected chi connectivity index (χ3v) is 2.81. The van der Waals surface area contributed by atoms with Crippen molar-refractivity contribution in [1.82, 2.24) is 9.55 Å². The van der Waals surface area contributed by atoms with Gasteiger partial charge in [-0.25, -0.2) is 4.98 Å². The molecule has 0 atom stereocenters. The molecule has 0 bridgehead atoms. The van der Waals surface area contributed by atoms with E-state index in [0.29, 0.717) is 13.1 Å². The molecule has 2 N–H and O–H groups in total. The first-order valence-corrected chi connectivity index (χ1v) is 5.55. The van der Waals surface area contributed by atoms with Gasteiger partial charge in [0.25, 0.3) is 0 Å². The van der Waals surface area contributed by atoms with E-state index in [0.717, 1.165) is 22.6 Å². The van der Waals surface area contributed by atoms with E-state index in [-0.39, 0.29) is 0 Å². The summed E-state index contributed by atoms with van der Waals surface area (Å²) in [5.41, 5.74) is 7.79. The van der Waals surface area contributed by atoms with Crippen molar-refractivity contribution in [1.29, 1.82) is 0 Å². The average molecular weight is 227 g/mol. The van der Waals surface area contributed by atoms with Gasteiger partial charge in [-0.15, -0.1) is 0 Å². The van der Waals surface area contributed by atoms with Crippen LogP contribution in [-0.4, -0.2) is 9.55 Å². The van der Waals surface area contributed by atoms with Crippen molar-refractivity contribution in [2.45, 2.75) is 13.1 Å². The van der Waals surface area contributed by atoms with Crippen LogP contribution < -0.4 is 5.73 Å². The molecule has 86 valence electrons. The number of hydrogen-bond donors (Lipinski definition) is 1. The van der Waals surface area contributed by atoms with Gasteiger partial charge in [-0.05, 0) is 24.3 Å². The Morgan fingerprint density at radius 3 is 2.82 bits per heavy atom. The molecule has 0 saturated carbocycles. The third-order valence-electron chi connectivity index (χ3n) is 2.81. The molecule has 0 saturated heterocycles. The number of benzene rings is 1. The summed E-state index contributed by atoms with van der Waals surface area (Å²) in [7, 11) is 0. The van der Waals surface area contributed by atoms with Gasteiger partial charge in [0.2, 0.25) is 0 Å². The van der Waals surface area contributed by atoms with Crippen LogP contribution in [0.3, 0.4) is 0 Å². The highest BCUT2D eigenvalue weighted by atomic mass is 16.3. The van der Waals surface area contributed by atoms with Crippen molar-refractivity contribution in [2.24, 2.45) is 5.73 Å². The zero-order chi connectivity index (χ0) is 11.7. The summed E-state index contributed by atoms with van der Waals surface area (Å²) in [6, 6.07) is 11.9. The fourth-order valence-electron chi connectivity index (χ4n) is 2.02. The van der Waals surface area contributed by atoms with Crippen LogP contribution in [0.5, 0.6) is 0 Å². The molecule has 0 aliphatic heterocycles. The molecule has 1 aromatic carbocycles. The van der Waals surface area contributed by atoms with Crippen LogP contribution in [0.15, 0.2) is 47.1 Å². The molecule has 0 aliphatic rings. The van der Waals surface area contributed by atoms with Gasteiger partial charge in [0.15, 0.2) is 0 Å². The Bertz CT molecular complexity index is 625. The lowest BCUT2D eigenvalue weighted by Gasteiger charge is -2.05. The van der Waals surface area contributed by atoms with Crippen LogP contribution >= 0.6 is 0 Å². The summed E-state index contributed by atoms with van der Waals surface area (Å²) >= 11 is 0. The first kappa shape index (κ1) is 10.1. The van der Waals surface area contributed by atoms with Crippen molar-refractivity contribution in [3.05, 3.63) is 54.2 Å². The summed E-state index contributed by atoms with van der Waals surface area (Å²) < 4.78 is 7.46. The summed E-state index contributed by atoms with van der Waals surface area (Å²) in [5, 5.41) is 0. The lowest BCUT2D eigenvalue weighted by Crippen LogP contribution is -2.08. The largest absolute Gasteiger partial charge is 0.467 e. The molecule has 4 nitrogen and oxygen atoms in total. The minimum atomic E-state index is 0.426. The van der Waals surface area contributed by atoms with E-state index < -0.39 is 0 Å². The first-order valence-electron chi connectivity index (χ1n) is 5.55. The average Bonchev–Trinajstić information content (AvgIpc) is 2.98. The molecule has 2 aromatic heterocycles. The van der Waals surface area contributed by atoms with Gasteiger partial charge in [0.05, 0.1) is 30.4 Å². The van der Waals surface area contributed by atoms with Crippen molar-refractivity contribution >= 4 is 11.0 Å². The molecule has 0 fully saturated rings. The van der Waals surface area contributed by atoms with E-state index in [2.05, 4.69) is 9.55 Å². The van der Waals surface area contributed by atoms with E-state index in [4.69, 9.17) is 10.2 Å². The highest BCUT2D eigenvalue weighted by molar-refractivity contribution is 5.76. The maximum absolute atomic E-state index is 5.73. The SMILES string of the molecule is NCc1nc2ccccc2n1Cc1ccco1. The van der Waals surface area contributed by atoms with E-state index in [9.17, 15) is 0 Å². The predicted octanol–water partition coefficient (Wildman–Crippen LogP) is 2.14. The van der Waals surface area contributed by atoms with Gasteiger partial charge in [-0.2, -0.15) is 0 Å². The monoisotopic (exact) mass is 227 g/mol. The Kier molecular flexibility index (Phi) is 2.42. The Morgan fingerprint density at radius 1 is 1.18 bits per heavy atom. The van der Waals surface area contributed by atoms with Crippen LogP contribution in [0.4, 0.5) is 0 Å². The van der Waals surface area contributed by atoms with E-state index in [1.54, 1.807) is 6.26 Å². The number of furan rings is 1. The van der Waals surface area contributed by atoms with Crippen molar-refractivity contribution < 1.29 is 4.42 Å². The molecule has 0 aliphatic carbocycles. The quantitative estimate of drug-likeness (QED) is 0.745. The number of nitrogens with zero attached hydrogens (tertiary/aromatic N) is 2. The molecule has 3 rings (SSSR count). The van der Waals surface area contributed by atoms with Crippen molar-refractivity contribution in [3.8, 4) is 0 Å². The summed E-state index contributed by atoms with van der Waals surface area (Å²) in [4.78, 5) is 4.51. The molecule has 4 heteroatoms. The van der Waals surface area contributed by atoms with Gasteiger partial charge in [0, 0.05) is 0 Å². The van der Waals surface area contributed by atoms with Gasteiger partial charge >= 0.3 is 0 Å². The second kappa shape index (κ2) is 4.07. The predicted molar refractivity (Wildman–Crippen MR) is 65.4 cm³/mol. The number of aromatic nitrogens is 2. The fraction of sp³-hybridized carbons (Fsp3) is 0.154. The zero-order valence-corrected chi connectivity index (χ0v) is 9.34. The minimum absolute atomic E-state index is 0.426. The molecule has 0 amide bonds. The van der Waals surface area contributed by atoms with Crippen LogP contribution in [0.1, 0.15) is 11.6 Å². The van der Waals surface area contributed by atoms with Crippen LogP contribution in [0, 0.1) is 0 Å². The van der Waals surface area contributed by atoms with E-state index in [1.807, 2.05) is 36.4 Å². The molecular weight excluding hydrogens is 214 g/mol. The Balaban J connectivity index is 2.12. The Hall–Kier alpha value is -2.07. The summed E-state index contributed by atoms with van der Waals surface area (Å²) in [6.45, 7) is 1.09. The van der Waals surface area contributed by atoms with Gasteiger partial charge < -0.3 is 14.7 Å². The zero-order valence-electron chi connectivity index (χ0n) is 9.34. The maximum Gasteiger partial charge on any atom is 0.124 e. The second-order valence-corrected chi connectivity index (χ2v) is 3.89. The fourth-order valence-corrected chi connectivity index (χ4v) is 2.02. The van der Waals surface area contributed by atoms with Gasteiger partial charge in [-0.1, -0.05) is 12.1 Å². The summed E-state index contributed by atoms with van der Waals surface area (Å²) in [6.07, 6.45) is 1.68. The molecule has 0 radical (unpaired) electrons. The smallest absolute Gasteiger partial charge is 0.124 e. The first-order chi connectivity index (χ1) is 8.38. The van der Waals surface area contributed by atoms with Crippen LogP contribution in [0.25, 0.3) is 11.0 Å². The molecule has 0 spiro atoms. The lowest BCUT2D eigenvalue weighted by molar-refractivity contribution is 0.492. The van der Waals surface area contributed by atoms with Crippen molar-refractivity contribution in [2.75, 3.05) is 0 Å². The number of nitrogens with two attached hydrogens (primary N) is 1. The normalized spacial score (nSPS) is 11.1. The molecular formula is C13H13N3O. The number of fused-ring (bicyclic) bond motifs is 1. The molecule has 17 heavy (non-hydrogen) atoms. The van der Waals surface area contributed by atoms with Crippen molar-refractivity contribution in [3.63, 3.8) is 0 Å². The van der Waals surface area contributed by atoms with Gasteiger partial charge in [-0.3, -0.25) is 0 Å². The molecule has 2 heterocycles. The van der Waals surface area contributed by atoms with E-state index in [1.165, 1.54) is 0 Å². The highest BCUT2D eigenvalue weighted by Crippen LogP contribution is 2.17.